The molecule has 0 aromatic heterocycles. The fraction of sp³-hybridized carbons (Fsp3) is 1.00. The third-order valence-electron chi connectivity index (χ3n) is 3.17. The number of rotatable bonds is 0. The number of ether oxygens (including phenoxy) is 2. The van der Waals surface area contributed by atoms with E-state index in [1.54, 1.807) is 0 Å². The molecule has 2 aliphatic rings. The molecule has 0 radical (unpaired) electrons. The molecule has 3 heteroatoms. The van der Waals surface area contributed by atoms with Crippen LogP contribution in [0.5, 0.6) is 0 Å². The summed E-state index contributed by atoms with van der Waals surface area (Å²) in [5.74, 6) is 0.691. The third kappa shape index (κ3) is 1.72. The Labute approximate surface area is 84.5 Å². The Morgan fingerprint density at radius 1 is 1.08 bits per heavy atom. The monoisotopic (exact) mass is 204 g/mol. The van der Waals surface area contributed by atoms with Crippen LogP contribution in [0.25, 0.3) is 0 Å². The molecule has 1 unspecified atom stereocenters. The topological polar surface area (TPSA) is 18.5 Å². The number of hydrogen-bond acceptors (Lipinski definition) is 2. The number of alkyl halides is 1. The van der Waals surface area contributed by atoms with Gasteiger partial charge in [-0.3, -0.25) is 0 Å². The SMILES string of the molecule is C[C@@H]1CC2(C[C@H](C)C1Cl)OCCO2. The van der Waals surface area contributed by atoms with Gasteiger partial charge in [0.25, 0.3) is 0 Å². The Kier molecular flexibility index (Phi) is 2.56. The average molecular weight is 205 g/mol. The molecule has 0 amide bonds. The van der Waals surface area contributed by atoms with Crippen LogP contribution in [0.1, 0.15) is 26.7 Å². The van der Waals surface area contributed by atoms with Crippen molar-refractivity contribution in [2.75, 3.05) is 13.2 Å². The van der Waals surface area contributed by atoms with Crippen molar-refractivity contribution in [1.82, 2.24) is 0 Å². The van der Waals surface area contributed by atoms with Crippen molar-refractivity contribution in [2.45, 2.75) is 37.9 Å². The second kappa shape index (κ2) is 3.41. The molecule has 1 aliphatic carbocycles. The van der Waals surface area contributed by atoms with E-state index in [4.69, 9.17) is 21.1 Å². The van der Waals surface area contributed by atoms with Gasteiger partial charge >= 0.3 is 0 Å². The van der Waals surface area contributed by atoms with Gasteiger partial charge in [-0.25, -0.2) is 0 Å². The quantitative estimate of drug-likeness (QED) is 0.565. The van der Waals surface area contributed by atoms with Crippen LogP contribution in [-0.2, 0) is 9.47 Å². The Balaban J connectivity index is 2.08. The molecule has 3 atom stereocenters. The van der Waals surface area contributed by atoms with Gasteiger partial charge in [0.15, 0.2) is 5.79 Å². The predicted octanol–water partition coefficient (Wildman–Crippen LogP) is 2.40. The lowest BCUT2D eigenvalue weighted by molar-refractivity contribution is -0.193. The summed E-state index contributed by atoms with van der Waals surface area (Å²) in [4.78, 5) is 0. The van der Waals surface area contributed by atoms with Crippen molar-refractivity contribution in [3.05, 3.63) is 0 Å². The Bertz CT molecular complexity index is 175. The molecule has 0 aromatic rings. The highest BCUT2D eigenvalue weighted by Crippen LogP contribution is 2.43. The van der Waals surface area contributed by atoms with Gasteiger partial charge in [-0.15, -0.1) is 11.6 Å². The first-order chi connectivity index (χ1) is 6.13. The van der Waals surface area contributed by atoms with Crippen LogP contribution in [0.3, 0.4) is 0 Å². The second-order valence-electron chi connectivity index (χ2n) is 4.41. The molecule has 13 heavy (non-hydrogen) atoms. The molecule has 2 fully saturated rings. The van der Waals surface area contributed by atoms with Gasteiger partial charge in [-0.1, -0.05) is 13.8 Å². The van der Waals surface area contributed by atoms with E-state index in [9.17, 15) is 0 Å². The molecular formula is C10H17ClO2. The van der Waals surface area contributed by atoms with Crippen LogP contribution in [-0.4, -0.2) is 24.4 Å². The summed E-state index contributed by atoms with van der Waals surface area (Å²) in [7, 11) is 0. The summed E-state index contributed by atoms with van der Waals surface area (Å²) in [5, 5.41) is 0.276. The molecular weight excluding hydrogens is 188 g/mol. The zero-order valence-corrected chi connectivity index (χ0v) is 9.01. The van der Waals surface area contributed by atoms with Crippen molar-refractivity contribution in [2.24, 2.45) is 11.8 Å². The zero-order valence-electron chi connectivity index (χ0n) is 8.25. The standard InChI is InChI=1S/C10H17ClO2/c1-7-5-10(12-3-4-13-10)6-8(2)9(7)11/h7-9H,3-6H2,1-2H3/t7-,8+,9?. The molecule has 2 nitrogen and oxygen atoms in total. The molecule has 76 valence electrons. The highest BCUT2D eigenvalue weighted by atomic mass is 35.5. The summed E-state index contributed by atoms with van der Waals surface area (Å²) in [6.45, 7) is 5.85. The number of hydrogen-bond donors (Lipinski definition) is 0. The van der Waals surface area contributed by atoms with Gasteiger partial charge in [0.1, 0.15) is 0 Å². The van der Waals surface area contributed by atoms with Crippen molar-refractivity contribution in [3.8, 4) is 0 Å². The van der Waals surface area contributed by atoms with Crippen LogP contribution < -0.4 is 0 Å². The Hall–Kier alpha value is 0.210. The molecule has 0 aromatic carbocycles. The van der Waals surface area contributed by atoms with E-state index in [2.05, 4.69) is 13.8 Å². The maximum Gasteiger partial charge on any atom is 0.169 e. The van der Waals surface area contributed by atoms with Gasteiger partial charge in [0.2, 0.25) is 0 Å². The smallest absolute Gasteiger partial charge is 0.169 e. The molecule has 0 N–H and O–H groups in total. The maximum atomic E-state index is 6.27. The van der Waals surface area contributed by atoms with E-state index in [0.717, 1.165) is 26.1 Å². The third-order valence-corrected chi connectivity index (χ3v) is 4.03. The van der Waals surface area contributed by atoms with E-state index >= 15 is 0 Å². The maximum absolute atomic E-state index is 6.27. The molecule has 1 heterocycles. The highest BCUT2D eigenvalue weighted by molar-refractivity contribution is 6.21. The van der Waals surface area contributed by atoms with Crippen LogP contribution in [0.2, 0.25) is 0 Å². The largest absolute Gasteiger partial charge is 0.348 e. The van der Waals surface area contributed by atoms with Crippen LogP contribution >= 0.6 is 11.6 Å². The summed E-state index contributed by atoms with van der Waals surface area (Å²) in [5.41, 5.74) is 0. The van der Waals surface area contributed by atoms with E-state index in [-0.39, 0.29) is 11.2 Å². The van der Waals surface area contributed by atoms with Crippen LogP contribution in [0.15, 0.2) is 0 Å². The predicted molar refractivity (Wildman–Crippen MR) is 51.8 cm³/mol. The Morgan fingerprint density at radius 2 is 1.54 bits per heavy atom. The van der Waals surface area contributed by atoms with Crippen LogP contribution in [0, 0.1) is 11.8 Å². The van der Waals surface area contributed by atoms with Gasteiger partial charge in [-0.2, -0.15) is 0 Å². The molecule has 1 saturated carbocycles. The number of halogens is 1. The van der Waals surface area contributed by atoms with E-state index in [0.29, 0.717) is 11.8 Å². The van der Waals surface area contributed by atoms with Gasteiger partial charge in [0, 0.05) is 18.2 Å². The fourth-order valence-corrected chi connectivity index (χ4v) is 2.76. The molecule has 1 saturated heterocycles. The summed E-state index contributed by atoms with van der Waals surface area (Å²) in [6.07, 6.45) is 1.90. The van der Waals surface area contributed by atoms with Crippen molar-refractivity contribution < 1.29 is 9.47 Å². The Morgan fingerprint density at radius 3 is 2.00 bits per heavy atom. The summed E-state index contributed by atoms with van der Waals surface area (Å²) in [6, 6.07) is 0. The molecule has 1 aliphatic heterocycles. The van der Waals surface area contributed by atoms with E-state index < -0.39 is 0 Å². The molecule has 1 spiro atoms. The first kappa shape index (κ1) is 9.75. The first-order valence-electron chi connectivity index (χ1n) is 5.05. The summed E-state index contributed by atoms with van der Waals surface area (Å²) < 4.78 is 11.4. The van der Waals surface area contributed by atoms with Gasteiger partial charge in [-0.05, 0) is 11.8 Å². The second-order valence-corrected chi connectivity index (χ2v) is 4.92. The molecule has 2 rings (SSSR count). The fourth-order valence-electron chi connectivity index (χ4n) is 2.58. The molecule has 0 bridgehead atoms. The highest BCUT2D eigenvalue weighted by Gasteiger charge is 2.46. The van der Waals surface area contributed by atoms with Gasteiger partial charge < -0.3 is 9.47 Å². The van der Waals surface area contributed by atoms with E-state index in [1.165, 1.54) is 0 Å². The zero-order chi connectivity index (χ0) is 9.47. The minimum absolute atomic E-state index is 0.276. The lowest BCUT2D eigenvalue weighted by Crippen LogP contribution is -2.44. The minimum Gasteiger partial charge on any atom is -0.348 e. The van der Waals surface area contributed by atoms with Crippen molar-refractivity contribution >= 4 is 11.6 Å². The van der Waals surface area contributed by atoms with E-state index in [1.807, 2.05) is 0 Å². The normalized spacial score (nSPS) is 44.1. The average Bonchev–Trinajstić information content (AvgIpc) is 2.49. The van der Waals surface area contributed by atoms with Crippen molar-refractivity contribution in [1.29, 1.82) is 0 Å². The lowest BCUT2D eigenvalue weighted by atomic mass is 9.79. The summed E-state index contributed by atoms with van der Waals surface area (Å²) >= 11 is 6.27. The first-order valence-corrected chi connectivity index (χ1v) is 5.49. The lowest BCUT2D eigenvalue weighted by Gasteiger charge is -2.41. The van der Waals surface area contributed by atoms with Gasteiger partial charge in [0.05, 0.1) is 13.2 Å². The minimum atomic E-state index is -0.287. The van der Waals surface area contributed by atoms with Crippen molar-refractivity contribution in [3.63, 3.8) is 0 Å². The van der Waals surface area contributed by atoms with Crippen LogP contribution in [0.4, 0.5) is 0 Å².